The van der Waals surface area contributed by atoms with Crippen LogP contribution in [0.15, 0.2) is 30.5 Å². The van der Waals surface area contributed by atoms with Crippen LogP contribution < -0.4 is 5.32 Å². The molecule has 1 amide bonds. The van der Waals surface area contributed by atoms with E-state index in [9.17, 15) is 18.0 Å². The molecule has 2 unspecified atom stereocenters. The van der Waals surface area contributed by atoms with E-state index in [0.29, 0.717) is 28.7 Å². The van der Waals surface area contributed by atoms with Crippen molar-refractivity contribution in [1.82, 2.24) is 9.88 Å². The van der Waals surface area contributed by atoms with Crippen molar-refractivity contribution in [1.29, 1.82) is 0 Å². The predicted molar refractivity (Wildman–Crippen MR) is 117 cm³/mol. The number of hydrogen-bond acceptors (Lipinski definition) is 3. The lowest BCUT2D eigenvalue weighted by Crippen LogP contribution is -2.44. The van der Waals surface area contributed by atoms with Crippen LogP contribution in [0.3, 0.4) is 0 Å². The number of aromatic nitrogens is 1. The molecule has 1 aromatic heterocycles. The highest BCUT2D eigenvalue weighted by atomic mass is 35.5. The van der Waals surface area contributed by atoms with E-state index >= 15 is 0 Å². The number of benzene rings is 1. The maximum absolute atomic E-state index is 13.8. The van der Waals surface area contributed by atoms with E-state index in [4.69, 9.17) is 23.2 Å². The fourth-order valence-corrected chi connectivity index (χ4v) is 4.31. The first kappa shape index (κ1) is 23.7. The number of nitrogens with one attached hydrogen (secondary N) is 1. The average molecular weight is 474 g/mol. The predicted octanol–water partition coefficient (Wildman–Crippen LogP) is 6.08. The highest BCUT2D eigenvalue weighted by Gasteiger charge is 2.47. The van der Waals surface area contributed by atoms with Gasteiger partial charge in [0.25, 0.3) is 0 Å². The van der Waals surface area contributed by atoms with E-state index < -0.39 is 23.5 Å². The summed E-state index contributed by atoms with van der Waals surface area (Å²) in [5, 5.41) is 4.27. The van der Waals surface area contributed by atoms with Crippen LogP contribution in [0.1, 0.15) is 43.5 Å². The van der Waals surface area contributed by atoms with Gasteiger partial charge in [0.05, 0.1) is 10.0 Å². The molecule has 168 valence electrons. The summed E-state index contributed by atoms with van der Waals surface area (Å²) in [6.45, 7) is 4.76. The highest BCUT2D eigenvalue weighted by molar-refractivity contribution is 6.42. The second-order valence-electron chi connectivity index (χ2n) is 8.84. The molecule has 0 saturated carbocycles. The minimum Gasteiger partial charge on any atom is -0.367 e. The van der Waals surface area contributed by atoms with Crippen LogP contribution in [0, 0.1) is 5.41 Å². The third-order valence-electron chi connectivity index (χ3n) is 5.32. The van der Waals surface area contributed by atoms with Gasteiger partial charge >= 0.3 is 6.18 Å². The van der Waals surface area contributed by atoms with Gasteiger partial charge in [0.2, 0.25) is 5.91 Å². The molecule has 1 aliphatic rings. The Morgan fingerprint density at radius 3 is 2.39 bits per heavy atom. The van der Waals surface area contributed by atoms with Crippen molar-refractivity contribution in [2.75, 3.05) is 12.4 Å². The Hall–Kier alpha value is -1.99. The molecule has 31 heavy (non-hydrogen) atoms. The number of rotatable bonds is 4. The molecule has 0 aliphatic heterocycles. The van der Waals surface area contributed by atoms with Gasteiger partial charge in [-0.05, 0) is 36.1 Å². The molecular formula is C22H24Cl2F3N3O. The number of carbonyl (C=O) groups excluding carboxylic acids is 1. The van der Waals surface area contributed by atoms with Crippen LogP contribution in [-0.4, -0.2) is 35.1 Å². The Morgan fingerprint density at radius 2 is 1.84 bits per heavy atom. The van der Waals surface area contributed by atoms with E-state index in [2.05, 4.69) is 10.3 Å². The van der Waals surface area contributed by atoms with Crippen molar-refractivity contribution >= 4 is 34.9 Å². The molecule has 1 aliphatic carbocycles. The Bertz CT molecular complexity index is 972. The lowest BCUT2D eigenvalue weighted by molar-refractivity contribution is -0.192. The summed E-state index contributed by atoms with van der Waals surface area (Å²) < 4.78 is 41.4. The Morgan fingerprint density at radius 1 is 1.16 bits per heavy atom. The molecule has 2 atom stereocenters. The van der Waals surface area contributed by atoms with Gasteiger partial charge in [-0.1, -0.05) is 56.1 Å². The van der Waals surface area contributed by atoms with E-state index in [1.54, 1.807) is 26.8 Å². The number of pyridine rings is 1. The zero-order chi connectivity index (χ0) is 23.1. The number of hydrogen-bond donors (Lipinski definition) is 1. The van der Waals surface area contributed by atoms with Crippen molar-refractivity contribution < 1.29 is 18.0 Å². The van der Waals surface area contributed by atoms with Crippen LogP contribution >= 0.6 is 23.2 Å². The van der Waals surface area contributed by atoms with Crippen molar-refractivity contribution in [3.8, 4) is 0 Å². The summed E-state index contributed by atoms with van der Waals surface area (Å²) in [6, 6.07) is 4.47. The topological polar surface area (TPSA) is 45.2 Å². The fraction of sp³-hybridized carbons (Fsp3) is 0.455. The summed E-state index contributed by atoms with van der Waals surface area (Å²) >= 11 is 12.4. The van der Waals surface area contributed by atoms with Gasteiger partial charge in [-0.25, -0.2) is 4.98 Å². The Labute approximate surface area is 189 Å². The molecule has 0 fully saturated rings. The molecule has 9 heteroatoms. The molecule has 1 heterocycles. The third-order valence-corrected chi connectivity index (χ3v) is 6.17. The number of anilines is 1. The molecule has 1 N–H and O–H groups in total. The first-order chi connectivity index (χ1) is 14.3. The highest BCUT2D eigenvalue weighted by Crippen LogP contribution is 2.39. The quantitative estimate of drug-likeness (QED) is 0.585. The lowest BCUT2D eigenvalue weighted by Gasteiger charge is -2.34. The molecule has 0 spiro atoms. The molecule has 0 radical (unpaired) electrons. The molecular weight excluding hydrogens is 450 g/mol. The number of halogens is 5. The summed E-state index contributed by atoms with van der Waals surface area (Å²) in [4.78, 5) is 17.4. The minimum absolute atomic E-state index is 0.00729. The zero-order valence-corrected chi connectivity index (χ0v) is 19.2. The van der Waals surface area contributed by atoms with Crippen molar-refractivity contribution in [3.63, 3.8) is 0 Å². The summed E-state index contributed by atoms with van der Waals surface area (Å²) in [5.41, 5.74) is 1.03. The molecule has 3 rings (SSSR count). The van der Waals surface area contributed by atoms with Crippen LogP contribution in [0.4, 0.5) is 19.0 Å². The van der Waals surface area contributed by atoms with Crippen molar-refractivity contribution in [2.45, 2.75) is 51.9 Å². The largest absolute Gasteiger partial charge is 0.413 e. The summed E-state index contributed by atoms with van der Waals surface area (Å²) in [7, 11) is 1.17. The monoisotopic (exact) mass is 473 g/mol. The van der Waals surface area contributed by atoms with Crippen molar-refractivity contribution in [2.24, 2.45) is 5.41 Å². The number of amides is 1. The van der Waals surface area contributed by atoms with E-state index in [-0.39, 0.29) is 11.6 Å². The van der Waals surface area contributed by atoms with Gasteiger partial charge in [-0.3, -0.25) is 4.79 Å². The standard InChI is InChI=1S/C22H24Cl2F3N3O/c1-21(2,3)20(31)30(4)19(22(25,26)27)13-6-8-17(28-11-13)29-14-9-12-5-7-16(23)18(24)15(12)10-14/h5-8,11,14,19H,9-10H2,1-4H3,(H,28,29). The lowest BCUT2D eigenvalue weighted by atomic mass is 9.93. The molecule has 0 saturated heterocycles. The molecule has 2 aromatic rings. The minimum atomic E-state index is -4.63. The number of nitrogens with zero attached hydrogens (tertiary/aromatic N) is 2. The van der Waals surface area contributed by atoms with Gasteiger partial charge in [-0.15, -0.1) is 0 Å². The smallest absolute Gasteiger partial charge is 0.367 e. The molecule has 1 aromatic carbocycles. The van der Waals surface area contributed by atoms with E-state index in [1.807, 2.05) is 6.07 Å². The fourth-order valence-electron chi connectivity index (χ4n) is 3.87. The third kappa shape index (κ3) is 5.09. The number of carbonyl (C=O) groups is 1. The van der Waals surface area contributed by atoms with Gasteiger partial charge in [-0.2, -0.15) is 13.2 Å². The van der Waals surface area contributed by atoms with Gasteiger partial charge in [0.15, 0.2) is 6.04 Å². The maximum Gasteiger partial charge on any atom is 0.413 e. The first-order valence-corrected chi connectivity index (χ1v) is 10.6. The second kappa shape index (κ2) is 8.51. The normalized spacial score (nSPS) is 17.3. The van der Waals surface area contributed by atoms with Crippen LogP contribution in [-0.2, 0) is 17.6 Å². The first-order valence-electron chi connectivity index (χ1n) is 9.81. The van der Waals surface area contributed by atoms with E-state index in [0.717, 1.165) is 16.0 Å². The number of alkyl halides is 3. The molecule has 4 nitrogen and oxygen atoms in total. The summed E-state index contributed by atoms with van der Waals surface area (Å²) in [6.07, 6.45) is -2.11. The Kier molecular flexibility index (Phi) is 6.50. The number of fused-ring (bicyclic) bond motifs is 1. The van der Waals surface area contributed by atoms with Gasteiger partial charge in [0.1, 0.15) is 5.82 Å². The maximum atomic E-state index is 13.8. The van der Waals surface area contributed by atoms with Crippen LogP contribution in [0.25, 0.3) is 0 Å². The zero-order valence-electron chi connectivity index (χ0n) is 17.6. The van der Waals surface area contributed by atoms with Crippen LogP contribution in [0.5, 0.6) is 0 Å². The van der Waals surface area contributed by atoms with Crippen molar-refractivity contribution in [3.05, 3.63) is 57.2 Å². The SMILES string of the molecule is CN(C(=O)C(C)(C)C)C(c1ccc(NC2Cc3ccc(Cl)c(Cl)c3C2)nc1)C(F)(F)F. The summed E-state index contributed by atoms with van der Waals surface area (Å²) in [5.74, 6) is -0.147. The average Bonchev–Trinajstić information content (AvgIpc) is 3.07. The van der Waals surface area contributed by atoms with E-state index in [1.165, 1.54) is 25.4 Å². The van der Waals surface area contributed by atoms with Gasteiger partial charge < -0.3 is 10.2 Å². The Balaban J connectivity index is 1.77. The second-order valence-corrected chi connectivity index (χ2v) is 9.62. The van der Waals surface area contributed by atoms with Crippen LogP contribution in [0.2, 0.25) is 10.0 Å². The van der Waals surface area contributed by atoms with Gasteiger partial charge in [0, 0.05) is 30.3 Å². The molecule has 0 bridgehead atoms.